The molecule has 0 aliphatic rings. The molecule has 0 saturated heterocycles. The highest BCUT2D eigenvalue weighted by Crippen LogP contribution is 2.12. The molecule has 3 nitrogen and oxygen atoms in total. The number of rotatable bonds is 5. The number of carboxylic acids is 1. The number of aliphatic carboxylic acids is 1. The highest BCUT2D eigenvalue weighted by molar-refractivity contribution is 9.10. The average molecular weight is 286 g/mol. The molecule has 16 heavy (non-hydrogen) atoms. The van der Waals surface area contributed by atoms with Gasteiger partial charge in [-0.1, -0.05) is 28.1 Å². The van der Waals surface area contributed by atoms with Crippen molar-refractivity contribution in [2.75, 3.05) is 13.6 Å². The summed E-state index contributed by atoms with van der Waals surface area (Å²) in [4.78, 5) is 12.6. The molecule has 1 N–H and O–H groups in total. The first-order valence-electron chi connectivity index (χ1n) is 5.18. The number of likely N-dealkylation sites (N-methyl/N-ethyl adjacent to an activating group) is 1. The van der Waals surface area contributed by atoms with Crippen LogP contribution < -0.4 is 0 Å². The van der Waals surface area contributed by atoms with E-state index in [0.717, 1.165) is 17.4 Å². The number of carbonyl (C=O) groups is 1. The van der Waals surface area contributed by atoms with Gasteiger partial charge in [-0.15, -0.1) is 0 Å². The smallest absolute Gasteiger partial charge is 0.320 e. The molecule has 1 aromatic carbocycles. The molecule has 0 fully saturated rings. The molecule has 0 bridgehead atoms. The zero-order chi connectivity index (χ0) is 12.1. The van der Waals surface area contributed by atoms with E-state index in [2.05, 4.69) is 22.0 Å². The third kappa shape index (κ3) is 3.94. The Morgan fingerprint density at radius 3 is 2.81 bits per heavy atom. The first-order chi connectivity index (χ1) is 7.50. The maximum atomic E-state index is 10.8. The molecule has 1 aromatic rings. The fourth-order valence-electron chi connectivity index (χ4n) is 1.38. The second-order valence-corrected chi connectivity index (χ2v) is 4.79. The van der Waals surface area contributed by atoms with Crippen molar-refractivity contribution in [3.63, 3.8) is 0 Å². The Labute approximate surface area is 104 Å². The Kier molecular flexibility index (Phi) is 4.96. The lowest BCUT2D eigenvalue weighted by Gasteiger charge is -2.20. The average Bonchev–Trinajstić information content (AvgIpc) is 2.24. The Morgan fingerprint density at radius 1 is 1.56 bits per heavy atom. The molecule has 1 atom stereocenters. The summed E-state index contributed by atoms with van der Waals surface area (Å²) in [7, 11) is 1.83. The minimum atomic E-state index is -0.781. The standard InChI is InChI=1S/C12H16BrNO2/c1-9(12(15)16)14(2)7-6-10-4-3-5-11(13)8-10/h3-5,8-9H,6-7H2,1-2H3,(H,15,16). The normalized spacial score (nSPS) is 12.8. The minimum absolute atomic E-state index is 0.438. The number of carboxylic acid groups (broad SMARTS) is 1. The second kappa shape index (κ2) is 6.01. The summed E-state index contributed by atoms with van der Waals surface area (Å²) < 4.78 is 1.05. The molecule has 0 aromatic heterocycles. The van der Waals surface area contributed by atoms with Crippen LogP contribution in [0.2, 0.25) is 0 Å². The predicted molar refractivity (Wildman–Crippen MR) is 67.6 cm³/mol. The van der Waals surface area contributed by atoms with Gasteiger partial charge in [-0.25, -0.2) is 0 Å². The van der Waals surface area contributed by atoms with Crippen LogP contribution in [0.5, 0.6) is 0 Å². The summed E-state index contributed by atoms with van der Waals surface area (Å²) in [5, 5.41) is 8.84. The predicted octanol–water partition coefficient (Wildman–Crippen LogP) is 2.40. The molecule has 0 saturated carbocycles. The van der Waals surface area contributed by atoms with Crippen LogP contribution >= 0.6 is 15.9 Å². The van der Waals surface area contributed by atoms with Crippen LogP contribution in [-0.2, 0) is 11.2 Å². The number of hydrogen-bond donors (Lipinski definition) is 1. The van der Waals surface area contributed by atoms with Gasteiger partial charge in [0.1, 0.15) is 6.04 Å². The topological polar surface area (TPSA) is 40.5 Å². The molecule has 0 heterocycles. The molecule has 4 heteroatoms. The zero-order valence-corrected chi connectivity index (χ0v) is 11.1. The number of hydrogen-bond acceptors (Lipinski definition) is 2. The van der Waals surface area contributed by atoms with Crippen LogP contribution in [0, 0.1) is 0 Å². The summed E-state index contributed by atoms with van der Waals surface area (Å²) in [6.45, 7) is 2.44. The maximum Gasteiger partial charge on any atom is 0.320 e. The molecular formula is C12H16BrNO2. The third-order valence-corrected chi connectivity index (χ3v) is 3.15. The third-order valence-electron chi connectivity index (χ3n) is 2.66. The highest BCUT2D eigenvalue weighted by atomic mass is 79.9. The summed E-state index contributed by atoms with van der Waals surface area (Å²) in [5.74, 6) is -0.781. The lowest BCUT2D eigenvalue weighted by Crippen LogP contribution is -2.37. The van der Waals surface area contributed by atoms with Crippen molar-refractivity contribution in [2.24, 2.45) is 0 Å². The van der Waals surface area contributed by atoms with Gasteiger partial charge in [0.05, 0.1) is 0 Å². The first-order valence-corrected chi connectivity index (χ1v) is 5.97. The lowest BCUT2D eigenvalue weighted by atomic mass is 10.1. The van der Waals surface area contributed by atoms with Crippen molar-refractivity contribution in [1.29, 1.82) is 0 Å². The molecule has 0 aliphatic heterocycles. The fourth-order valence-corrected chi connectivity index (χ4v) is 1.83. The Hall–Kier alpha value is -0.870. The van der Waals surface area contributed by atoms with Crippen LogP contribution in [0.4, 0.5) is 0 Å². The molecule has 0 spiro atoms. The first kappa shape index (κ1) is 13.2. The van der Waals surface area contributed by atoms with Crippen LogP contribution in [0.1, 0.15) is 12.5 Å². The summed E-state index contributed by atoms with van der Waals surface area (Å²) >= 11 is 3.41. The SMILES string of the molecule is CC(C(=O)O)N(C)CCc1cccc(Br)c1. The van der Waals surface area contributed by atoms with E-state index >= 15 is 0 Å². The van der Waals surface area contributed by atoms with Gasteiger partial charge in [-0.2, -0.15) is 0 Å². The largest absolute Gasteiger partial charge is 0.480 e. The van der Waals surface area contributed by atoms with Crippen molar-refractivity contribution in [3.05, 3.63) is 34.3 Å². The Morgan fingerprint density at radius 2 is 2.25 bits per heavy atom. The van der Waals surface area contributed by atoms with E-state index in [1.54, 1.807) is 6.92 Å². The van der Waals surface area contributed by atoms with Gasteiger partial charge >= 0.3 is 5.97 Å². The summed E-state index contributed by atoms with van der Waals surface area (Å²) in [6, 6.07) is 7.63. The highest BCUT2D eigenvalue weighted by Gasteiger charge is 2.15. The van der Waals surface area contributed by atoms with E-state index in [9.17, 15) is 4.79 Å². The van der Waals surface area contributed by atoms with E-state index < -0.39 is 12.0 Å². The lowest BCUT2D eigenvalue weighted by molar-refractivity contribution is -0.142. The molecule has 0 aliphatic carbocycles. The molecular weight excluding hydrogens is 270 g/mol. The van der Waals surface area contributed by atoms with E-state index in [1.165, 1.54) is 5.56 Å². The molecule has 88 valence electrons. The van der Waals surface area contributed by atoms with Crippen molar-refractivity contribution < 1.29 is 9.90 Å². The minimum Gasteiger partial charge on any atom is -0.480 e. The van der Waals surface area contributed by atoms with E-state index in [4.69, 9.17) is 5.11 Å². The van der Waals surface area contributed by atoms with Gasteiger partial charge in [0.15, 0.2) is 0 Å². The molecule has 1 unspecified atom stereocenters. The second-order valence-electron chi connectivity index (χ2n) is 3.87. The van der Waals surface area contributed by atoms with Gasteiger partial charge in [-0.3, -0.25) is 9.69 Å². The maximum absolute atomic E-state index is 10.8. The van der Waals surface area contributed by atoms with E-state index in [0.29, 0.717) is 0 Å². The van der Waals surface area contributed by atoms with Crippen LogP contribution in [0.15, 0.2) is 28.7 Å². The Bertz CT molecular complexity index is 368. The van der Waals surface area contributed by atoms with E-state index in [1.807, 2.05) is 30.1 Å². The van der Waals surface area contributed by atoms with Gasteiger partial charge < -0.3 is 5.11 Å². The van der Waals surface area contributed by atoms with Gasteiger partial charge in [0.2, 0.25) is 0 Å². The van der Waals surface area contributed by atoms with Crippen molar-refractivity contribution >= 4 is 21.9 Å². The van der Waals surface area contributed by atoms with Crippen LogP contribution in [-0.4, -0.2) is 35.6 Å². The van der Waals surface area contributed by atoms with Crippen molar-refractivity contribution in [1.82, 2.24) is 4.90 Å². The van der Waals surface area contributed by atoms with Gasteiger partial charge in [0, 0.05) is 11.0 Å². The Balaban J connectivity index is 2.48. The number of halogens is 1. The number of benzene rings is 1. The van der Waals surface area contributed by atoms with Gasteiger partial charge in [0.25, 0.3) is 0 Å². The molecule has 0 radical (unpaired) electrons. The zero-order valence-electron chi connectivity index (χ0n) is 9.48. The van der Waals surface area contributed by atoms with Crippen molar-refractivity contribution in [3.8, 4) is 0 Å². The van der Waals surface area contributed by atoms with Crippen LogP contribution in [0.25, 0.3) is 0 Å². The monoisotopic (exact) mass is 285 g/mol. The molecule has 0 amide bonds. The summed E-state index contributed by atoms with van der Waals surface area (Å²) in [6.07, 6.45) is 0.855. The van der Waals surface area contributed by atoms with Crippen LogP contribution in [0.3, 0.4) is 0 Å². The number of nitrogens with zero attached hydrogens (tertiary/aromatic N) is 1. The van der Waals surface area contributed by atoms with E-state index in [-0.39, 0.29) is 0 Å². The summed E-state index contributed by atoms with van der Waals surface area (Å²) in [5.41, 5.74) is 1.21. The quantitative estimate of drug-likeness (QED) is 0.903. The van der Waals surface area contributed by atoms with Crippen molar-refractivity contribution in [2.45, 2.75) is 19.4 Å². The van der Waals surface area contributed by atoms with Gasteiger partial charge in [-0.05, 0) is 38.1 Å². The fraction of sp³-hybridized carbons (Fsp3) is 0.417. The molecule has 1 rings (SSSR count).